The summed E-state index contributed by atoms with van der Waals surface area (Å²) in [5.41, 5.74) is 1.01. The normalized spacial score (nSPS) is 13.9. The van der Waals surface area contributed by atoms with E-state index >= 15 is 0 Å². The van der Waals surface area contributed by atoms with Crippen molar-refractivity contribution in [3.05, 3.63) is 65.7 Å². The van der Waals surface area contributed by atoms with Gasteiger partial charge < -0.3 is 5.11 Å². The van der Waals surface area contributed by atoms with Gasteiger partial charge >= 0.3 is 0 Å². The number of alkyl halides is 1. The molecule has 5 nitrogen and oxygen atoms in total. The van der Waals surface area contributed by atoms with Crippen LogP contribution in [0, 0.1) is 0 Å². The maximum Gasteiger partial charge on any atom is 0.232 e. The minimum absolute atomic E-state index is 0.264. The molecular weight excluding hydrogens is 428 g/mol. The van der Waals surface area contributed by atoms with Gasteiger partial charge in [-0.15, -0.1) is 0 Å². The van der Waals surface area contributed by atoms with Gasteiger partial charge in [-0.3, -0.25) is 9.62 Å². The number of halogens is 1. The van der Waals surface area contributed by atoms with Crippen LogP contribution in [-0.4, -0.2) is 31.7 Å². The second kappa shape index (κ2) is 9.68. The zero-order valence-corrected chi connectivity index (χ0v) is 18.1. The molecule has 0 saturated carbocycles. The summed E-state index contributed by atoms with van der Waals surface area (Å²) in [5.74, 6) is 0. The monoisotopic (exact) mass is 454 g/mol. The Labute approximate surface area is 170 Å². The third kappa shape index (κ3) is 6.60. The number of nitrogens with one attached hydrogen (secondary N) is 1. The first kappa shape index (κ1) is 21.9. The number of rotatable bonds is 10. The van der Waals surface area contributed by atoms with Gasteiger partial charge in [-0.2, -0.15) is 0 Å². The Kier molecular flexibility index (Phi) is 7.85. The van der Waals surface area contributed by atoms with E-state index in [0.717, 1.165) is 23.7 Å². The zero-order valence-electron chi connectivity index (χ0n) is 15.7. The van der Waals surface area contributed by atoms with E-state index in [9.17, 15) is 13.5 Å². The van der Waals surface area contributed by atoms with Crippen molar-refractivity contribution in [3.8, 4) is 0 Å². The van der Waals surface area contributed by atoms with Crippen molar-refractivity contribution in [1.82, 2.24) is 5.32 Å². The van der Waals surface area contributed by atoms with Crippen molar-refractivity contribution < 1.29 is 13.5 Å². The first-order valence-corrected chi connectivity index (χ1v) is 11.9. The highest BCUT2D eigenvalue weighted by Gasteiger charge is 2.23. The Morgan fingerprint density at radius 3 is 2.26 bits per heavy atom. The number of aliphatic hydroxyl groups is 1. The van der Waals surface area contributed by atoms with Gasteiger partial charge in [-0.05, 0) is 49.6 Å². The highest BCUT2D eigenvalue weighted by atomic mass is 79.9. The number of sulfonamides is 1. The van der Waals surface area contributed by atoms with Gasteiger partial charge in [-0.1, -0.05) is 58.4 Å². The van der Waals surface area contributed by atoms with Crippen molar-refractivity contribution in [2.45, 2.75) is 32.0 Å². The third-order valence-corrected chi connectivity index (χ3v) is 6.02. The predicted octanol–water partition coefficient (Wildman–Crippen LogP) is 3.58. The van der Waals surface area contributed by atoms with Crippen molar-refractivity contribution in [2.24, 2.45) is 0 Å². The van der Waals surface area contributed by atoms with E-state index in [1.54, 1.807) is 31.2 Å². The van der Waals surface area contributed by atoms with Gasteiger partial charge in [0.15, 0.2) is 0 Å². The number of unbranched alkanes of at least 4 members (excludes halogenated alkanes) is 1. The average molecular weight is 455 g/mol. The fourth-order valence-electron chi connectivity index (χ4n) is 2.75. The summed E-state index contributed by atoms with van der Waals surface area (Å²) in [5, 5.41) is 14.7. The topological polar surface area (TPSA) is 69.6 Å². The molecule has 2 aromatic rings. The molecule has 1 atom stereocenters. The third-order valence-electron chi connectivity index (χ3n) is 4.32. The van der Waals surface area contributed by atoms with Gasteiger partial charge in [-0.25, -0.2) is 8.42 Å². The molecule has 0 aliphatic carbocycles. The molecule has 0 fully saturated rings. The molecule has 0 heterocycles. The molecular formula is C20H27BrN2O3S. The predicted molar refractivity (Wildman–Crippen MR) is 115 cm³/mol. The van der Waals surface area contributed by atoms with Crippen LogP contribution in [0.25, 0.3) is 0 Å². The summed E-state index contributed by atoms with van der Waals surface area (Å²) in [6.07, 6.45) is 3.19. The number of anilines is 1. The number of hydrogen-bond donors (Lipinski definition) is 2. The van der Waals surface area contributed by atoms with Crippen molar-refractivity contribution in [1.29, 1.82) is 0 Å². The second-order valence-electron chi connectivity index (χ2n) is 6.70. The fourth-order valence-corrected chi connectivity index (χ4v) is 4.04. The summed E-state index contributed by atoms with van der Waals surface area (Å²) in [6.45, 7) is 2.67. The quantitative estimate of drug-likeness (QED) is 0.327. The van der Waals surface area contributed by atoms with Crippen LogP contribution in [0.4, 0.5) is 5.69 Å². The molecule has 27 heavy (non-hydrogen) atoms. The molecule has 2 rings (SSSR count). The molecule has 2 aromatic carbocycles. The van der Waals surface area contributed by atoms with Crippen LogP contribution in [0.15, 0.2) is 54.6 Å². The van der Waals surface area contributed by atoms with Crippen LogP contribution < -0.4 is 9.62 Å². The fraction of sp³-hybridized carbons (Fsp3) is 0.400. The van der Waals surface area contributed by atoms with E-state index in [2.05, 4.69) is 21.2 Å². The van der Waals surface area contributed by atoms with E-state index in [1.807, 2.05) is 30.3 Å². The smallest absolute Gasteiger partial charge is 0.232 e. The lowest BCUT2D eigenvalue weighted by Crippen LogP contribution is -2.40. The minimum atomic E-state index is -3.43. The molecule has 2 N–H and O–H groups in total. The Morgan fingerprint density at radius 1 is 1.07 bits per heavy atom. The van der Waals surface area contributed by atoms with Crippen LogP contribution in [0.2, 0.25) is 0 Å². The molecule has 148 valence electrons. The number of nitrogens with zero attached hydrogens (tertiary/aromatic N) is 1. The lowest BCUT2D eigenvalue weighted by atomic mass is 10.0. The molecule has 7 heteroatoms. The van der Waals surface area contributed by atoms with E-state index in [1.165, 1.54) is 10.6 Å². The highest BCUT2D eigenvalue weighted by Crippen LogP contribution is 2.25. The molecule has 0 aliphatic rings. The van der Waals surface area contributed by atoms with E-state index in [-0.39, 0.29) is 6.54 Å². The van der Waals surface area contributed by atoms with Gasteiger partial charge in [0.05, 0.1) is 18.5 Å². The largest absolute Gasteiger partial charge is 0.372 e. The van der Waals surface area contributed by atoms with Gasteiger partial charge in [0, 0.05) is 5.33 Å². The Bertz CT molecular complexity index is 809. The standard InChI is InChI=1S/C20H27BrN2O3S/c1-20(24,22-15-7-6-14-21)18-10-12-19(13-11-18)23(27(2,25)26)16-17-8-4-3-5-9-17/h3-5,8-13,22,24H,6-7,14-16H2,1-2H3/t20-/m1/s1. The molecule has 0 bridgehead atoms. The molecule has 0 radical (unpaired) electrons. The summed E-state index contributed by atoms with van der Waals surface area (Å²) in [7, 11) is -3.43. The van der Waals surface area contributed by atoms with Crippen molar-refractivity contribution in [2.75, 3.05) is 22.4 Å². The highest BCUT2D eigenvalue weighted by molar-refractivity contribution is 9.09. The van der Waals surface area contributed by atoms with Crippen molar-refractivity contribution >= 4 is 31.6 Å². The molecule has 0 amide bonds. The van der Waals surface area contributed by atoms with Gasteiger partial charge in [0.25, 0.3) is 0 Å². The van der Waals surface area contributed by atoms with E-state index < -0.39 is 15.7 Å². The van der Waals surface area contributed by atoms with Crippen LogP contribution >= 0.6 is 15.9 Å². The van der Waals surface area contributed by atoms with Gasteiger partial charge in [0.1, 0.15) is 5.72 Å². The summed E-state index contributed by atoms with van der Waals surface area (Å²) in [6, 6.07) is 16.4. The Hall–Kier alpha value is -1.41. The Morgan fingerprint density at radius 2 is 1.70 bits per heavy atom. The van der Waals surface area contributed by atoms with Crippen LogP contribution in [0.1, 0.15) is 30.9 Å². The number of benzene rings is 2. The first-order chi connectivity index (χ1) is 12.7. The SMILES string of the molecule is C[C@](O)(NCCCCBr)c1ccc(N(Cc2ccccc2)S(C)(=O)=O)cc1. The number of hydrogen-bond acceptors (Lipinski definition) is 4. The van der Waals surface area contributed by atoms with Crippen LogP contribution in [-0.2, 0) is 22.3 Å². The molecule has 0 aliphatic heterocycles. The maximum absolute atomic E-state index is 12.3. The Balaban J connectivity index is 2.17. The zero-order chi connectivity index (χ0) is 19.9. The minimum Gasteiger partial charge on any atom is -0.372 e. The summed E-state index contributed by atoms with van der Waals surface area (Å²) < 4.78 is 25.9. The van der Waals surface area contributed by atoms with Crippen LogP contribution in [0.5, 0.6) is 0 Å². The van der Waals surface area contributed by atoms with Crippen LogP contribution in [0.3, 0.4) is 0 Å². The second-order valence-corrected chi connectivity index (χ2v) is 9.40. The average Bonchev–Trinajstić information content (AvgIpc) is 2.63. The summed E-state index contributed by atoms with van der Waals surface area (Å²) in [4.78, 5) is 0. The first-order valence-electron chi connectivity index (χ1n) is 8.89. The van der Waals surface area contributed by atoms with Crippen molar-refractivity contribution in [3.63, 3.8) is 0 Å². The molecule has 0 spiro atoms. The van der Waals surface area contributed by atoms with E-state index in [4.69, 9.17) is 0 Å². The van der Waals surface area contributed by atoms with Gasteiger partial charge in [0.2, 0.25) is 10.0 Å². The lowest BCUT2D eigenvalue weighted by molar-refractivity contribution is 0.0200. The molecule has 0 aromatic heterocycles. The molecule has 0 unspecified atom stereocenters. The molecule has 0 saturated heterocycles. The lowest BCUT2D eigenvalue weighted by Gasteiger charge is -2.27. The van der Waals surface area contributed by atoms with E-state index in [0.29, 0.717) is 17.8 Å². The maximum atomic E-state index is 12.3. The summed E-state index contributed by atoms with van der Waals surface area (Å²) >= 11 is 3.39.